The number of aromatic nitrogens is 2. The summed E-state index contributed by atoms with van der Waals surface area (Å²) in [4.78, 5) is 8.31. The summed E-state index contributed by atoms with van der Waals surface area (Å²) in [6.45, 7) is -0.0730. The van der Waals surface area contributed by atoms with Crippen molar-refractivity contribution in [1.82, 2.24) is 9.97 Å². The smallest absolute Gasteiger partial charge is 0.406 e. The fourth-order valence-corrected chi connectivity index (χ4v) is 2.30. The summed E-state index contributed by atoms with van der Waals surface area (Å²) >= 11 is 0. The molecule has 3 rings (SSSR count). The predicted octanol–water partition coefficient (Wildman–Crippen LogP) is 4.28. The average molecular weight is 361 g/mol. The zero-order valence-corrected chi connectivity index (χ0v) is 13.4. The van der Waals surface area contributed by atoms with Crippen molar-refractivity contribution in [2.75, 3.05) is 5.32 Å². The van der Waals surface area contributed by atoms with Crippen LogP contribution < -0.4 is 10.1 Å². The lowest BCUT2D eigenvalue weighted by molar-refractivity contribution is -0.274. The summed E-state index contributed by atoms with van der Waals surface area (Å²) in [6, 6.07) is 14.3. The molecule has 26 heavy (non-hydrogen) atoms. The van der Waals surface area contributed by atoms with E-state index in [1.807, 2.05) is 18.2 Å². The third kappa shape index (κ3) is 4.70. The molecule has 1 heterocycles. The largest absolute Gasteiger partial charge is 0.573 e. The van der Waals surface area contributed by atoms with Crippen molar-refractivity contribution in [2.45, 2.75) is 13.0 Å². The number of hydrogen-bond donors (Lipinski definition) is 2. The first kappa shape index (κ1) is 17.7. The SMILES string of the molecule is OCc1cccc(-c2cc(Nc3ccc(OC(F)(F)F)cc3)ncn2)c1. The molecular formula is C18H14F3N3O2. The van der Waals surface area contributed by atoms with E-state index < -0.39 is 6.36 Å². The second-order valence-electron chi connectivity index (χ2n) is 5.34. The molecule has 3 aromatic rings. The number of alkyl halides is 3. The van der Waals surface area contributed by atoms with E-state index >= 15 is 0 Å². The standard InChI is InChI=1S/C18H14F3N3O2/c19-18(20,21)26-15-6-4-14(5-7-15)24-17-9-16(22-11-23-17)13-3-1-2-12(8-13)10-25/h1-9,11,25H,10H2,(H,22,23,24). The number of nitrogens with zero attached hydrogens (tertiary/aromatic N) is 2. The molecule has 2 aromatic carbocycles. The molecule has 8 heteroatoms. The monoisotopic (exact) mass is 361 g/mol. The summed E-state index contributed by atoms with van der Waals surface area (Å²) in [5.41, 5.74) is 2.77. The normalized spacial score (nSPS) is 11.2. The lowest BCUT2D eigenvalue weighted by atomic mass is 10.1. The molecule has 0 saturated heterocycles. The third-order valence-corrected chi connectivity index (χ3v) is 3.43. The maximum atomic E-state index is 12.2. The third-order valence-electron chi connectivity index (χ3n) is 3.43. The molecule has 0 aliphatic heterocycles. The Kier molecular flexibility index (Phi) is 5.04. The second-order valence-corrected chi connectivity index (χ2v) is 5.34. The highest BCUT2D eigenvalue weighted by Crippen LogP contribution is 2.26. The number of rotatable bonds is 5. The summed E-state index contributed by atoms with van der Waals surface area (Å²) in [6.07, 6.45) is -3.34. The topological polar surface area (TPSA) is 67.3 Å². The number of nitrogens with one attached hydrogen (secondary N) is 1. The zero-order valence-electron chi connectivity index (χ0n) is 13.4. The molecule has 0 saturated carbocycles. The van der Waals surface area contributed by atoms with E-state index in [1.165, 1.54) is 30.6 Å². The molecule has 0 bridgehead atoms. The molecule has 5 nitrogen and oxygen atoms in total. The van der Waals surface area contributed by atoms with E-state index in [1.54, 1.807) is 12.1 Å². The number of aliphatic hydroxyl groups excluding tert-OH is 1. The van der Waals surface area contributed by atoms with Gasteiger partial charge in [0.15, 0.2) is 0 Å². The van der Waals surface area contributed by atoms with Gasteiger partial charge in [-0.2, -0.15) is 0 Å². The van der Waals surface area contributed by atoms with Gasteiger partial charge in [0.1, 0.15) is 17.9 Å². The van der Waals surface area contributed by atoms with E-state index in [0.717, 1.165) is 11.1 Å². The van der Waals surface area contributed by atoms with Crippen LogP contribution in [0.1, 0.15) is 5.56 Å². The lowest BCUT2D eigenvalue weighted by Gasteiger charge is -2.10. The fraction of sp³-hybridized carbons (Fsp3) is 0.111. The summed E-state index contributed by atoms with van der Waals surface area (Å²) in [5, 5.41) is 12.2. The highest BCUT2D eigenvalue weighted by atomic mass is 19.4. The van der Waals surface area contributed by atoms with Gasteiger partial charge in [-0.3, -0.25) is 0 Å². The lowest BCUT2D eigenvalue weighted by Crippen LogP contribution is -2.16. The Morgan fingerprint density at radius 2 is 1.77 bits per heavy atom. The van der Waals surface area contributed by atoms with Crippen molar-refractivity contribution >= 4 is 11.5 Å². The van der Waals surface area contributed by atoms with E-state index in [-0.39, 0.29) is 12.4 Å². The number of hydrogen-bond acceptors (Lipinski definition) is 5. The molecule has 0 atom stereocenters. The van der Waals surface area contributed by atoms with Gasteiger partial charge >= 0.3 is 6.36 Å². The Balaban J connectivity index is 1.76. The van der Waals surface area contributed by atoms with Crippen molar-refractivity contribution in [3.8, 4) is 17.0 Å². The van der Waals surface area contributed by atoms with Gasteiger partial charge in [-0.15, -0.1) is 13.2 Å². The molecule has 0 fully saturated rings. The summed E-state index contributed by atoms with van der Waals surface area (Å²) < 4.78 is 40.4. The first-order chi connectivity index (χ1) is 12.4. The van der Waals surface area contributed by atoms with Gasteiger partial charge in [0.25, 0.3) is 0 Å². The van der Waals surface area contributed by atoms with Crippen LogP contribution >= 0.6 is 0 Å². The number of halogens is 3. The van der Waals surface area contributed by atoms with Crippen LogP contribution in [0.5, 0.6) is 5.75 Å². The van der Waals surface area contributed by atoms with Crippen LogP contribution in [0.15, 0.2) is 60.9 Å². The van der Waals surface area contributed by atoms with E-state index in [9.17, 15) is 18.3 Å². The predicted molar refractivity (Wildman–Crippen MR) is 89.8 cm³/mol. The summed E-state index contributed by atoms with van der Waals surface area (Å²) in [7, 11) is 0. The van der Waals surface area contributed by atoms with Crippen molar-refractivity contribution in [3.05, 3.63) is 66.5 Å². The van der Waals surface area contributed by atoms with Gasteiger partial charge < -0.3 is 15.2 Å². The minimum absolute atomic E-state index is 0.0730. The quantitative estimate of drug-likeness (QED) is 0.710. The number of ether oxygens (including phenoxy) is 1. The van der Waals surface area contributed by atoms with Crippen LogP contribution in [0.3, 0.4) is 0 Å². The van der Waals surface area contributed by atoms with Crippen molar-refractivity contribution < 1.29 is 23.0 Å². The Labute approximate surface area is 147 Å². The van der Waals surface area contributed by atoms with E-state index in [2.05, 4.69) is 20.0 Å². The molecule has 0 radical (unpaired) electrons. The van der Waals surface area contributed by atoms with Gasteiger partial charge in [0.2, 0.25) is 0 Å². The first-order valence-corrected chi connectivity index (χ1v) is 7.58. The Hall–Kier alpha value is -3.13. The van der Waals surface area contributed by atoms with Gasteiger partial charge in [0.05, 0.1) is 12.3 Å². The molecular weight excluding hydrogens is 347 g/mol. The molecule has 2 N–H and O–H groups in total. The van der Waals surface area contributed by atoms with Crippen molar-refractivity contribution in [3.63, 3.8) is 0 Å². The van der Waals surface area contributed by atoms with Crippen molar-refractivity contribution in [1.29, 1.82) is 0 Å². The average Bonchev–Trinajstić information content (AvgIpc) is 2.62. The number of benzene rings is 2. The molecule has 1 aromatic heterocycles. The maximum absolute atomic E-state index is 12.2. The van der Waals surface area contributed by atoms with Gasteiger partial charge in [0, 0.05) is 17.3 Å². The molecule has 0 amide bonds. The number of anilines is 2. The van der Waals surface area contributed by atoms with Crippen LogP contribution in [-0.4, -0.2) is 21.4 Å². The maximum Gasteiger partial charge on any atom is 0.573 e. The minimum Gasteiger partial charge on any atom is -0.406 e. The molecule has 0 aliphatic rings. The zero-order chi connectivity index (χ0) is 18.6. The van der Waals surface area contributed by atoms with Gasteiger partial charge in [-0.25, -0.2) is 9.97 Å². The second kappa shape index (κ2) is 7.40. The molecule has 0 unspecified atom stereocenters. The van der Waals surface area contributed by atoms with Crippen molar-refractivity contribution in [2.24, 2.45) is 0 Å². The van der Waals surface area contributed by atoms with Crippen LogP contribution in [0.25, 0.3) is 11.3 Å². The minimum atomic E-state index is -4.72. The van der Waals surface area contributed by atoms with E-state index in [0.29, 0.717) is 17.2 Å². The molecule has 134 valence electrons. The number of aliphatic hydroxyl groups is 1. The highest BCUT2D eigenvalue weighted by Gasteiger charge is 2.30. The summed E-state index contributed by atoms with van der Waals surface area (Å²) in [5.74, 6) is 0.182. The highest BCUT2D eigenvalue weighted by molar-refractivity contribution is 5.66. The molecule has 0 aliphatic carbocycles. The Morgan fingerprint density at radius 1 is 1.00 bits per heavy atom. The fourth-order valence-electron chi connectivity index (χ4n) is 2.30. The van der Waals surface area contributed by atoms with Crippen LogP contribution in [-0.2, 0) is 6.61 Å². The van der Waals surface area contributed by atoms with Gasteiger partial charge in [-0.05, 0) is 35.9 Å². The molecule has 0 spiro atoms. The van der Waals surface area contributed by atoms with Crippen LogP contribution in [0, 0.1) is 0 Å². The Bertz CT molecular complexity index is 883. The van der Waals surface area contributed by atoms with Crippen LogP contribution in [0.2, 0.25) is 0 Å². The Morgan fingerprint density at radius 3 is 2.46 bits per heavy atom. The first-order valence-electron chi connectivity index (χ1n) is 7.58. The van der Waals surface area contributed by atoms with Gasteiger partial charge in [-0.1, -0.05) is 18.2 Å². The van der Waals surface area contributed by atoms with Crippen LogP contribution in [0.4, 0.5) is 24.7 Å². The van der Waals surface area contributed by atoms with E-state index in [4.69, 9.17) is 0 Å².